The smallest absolute Gasteiger partial charge is 0.265 e. The average Bonchev–Trinajstić information content (AvgIpc) is 3.14. The Labute approximate surface area is 301 Å². The van der Waals surface area contributed by atoms with Gasteiger partial charge >= 0.3 is 0 Å². The number of nitrogens with zero attached hydrogens (tertiary/aromatic N) is 2. The summed E-state index contributed by atoms with van der Waals surface area (Å²) in [4.78, 5) is 30.3. The van der Waals surface area contributed by atoms with Crippen molar-refractivity contribution in [1.82, 2.24) is 10.2 Å². The van der Waals surface area contributed by atoms with Gasteiger partial charge in [-0.05, 0) is 53.8 Å². The van der Waals surface area contributed by atoms with E-state index < -0.39 is 28.5 Å². The number of sulfonamides is 1. The zero-order valence-electron chi connectivity index (χ0n) is 30.2. The maximum Gasteiger partial charge on any atom is 0.265 e. The lowest BCUT2D eigenvalue weighted by molar-refractivity contribution is -0.140. The van der Waals surface area contributed by atoms with Crippen LogP contribution in [0.25, 0.3) is 0 Å². The van der Waals surface area contributed by atoms with Gasteiger partial charge in [0.15, 0.2) is 11.5 Å². The molecule has 51 heavy (non-hydrogen) atoms. The zero-order chi connectivity index (χ0) is 37.1. The van der Waals surface area contributed by atoms with Gasteiger partial charge in [0.05, 0.1) is 39.0 Å². The number of rotatable bonds is 17. The normalized spacial score (nSPS) is 11.8. The second-order valence-electron chi connectivity index (χ2n) is 12.4. The van der Waals surface area contributed by atoms with Crippen molar-refractivity contribution in [2.45, 2.75) is 44.7 Å². The van der Waals surface area contributed by atoms with E-state index in [1.807, 2.05) is 75.4 Å². The minimum absolute atomic E-state index is 0.0532. The molecule has 2 amide bonds. The average molecular weight is 718 g/mol. The molecule has 0 saturated carbocycles. The van der Waals surface area contributed by atoms with Crippen LogP contribution in [0.3, 0.4) is 0 Å². The van der Waals surface area contributed by atoms with Crippen LogP contribution in [0.2, 0.25) is 0 Å². The second-order valence-corrected chi connectivity index (χ2v) is 14.2. The molecule has 0 fully saturated rings. The van der Waals surface area contributed by atoms with Crippen LogP contribution in [0.1, 0.15) is 30.5 Å². The maximum absolute atomic E-state index is 14.9. The summed E-state index contributed by atoms with van der Waals surface area (Å²) >= 11 is 0. The summed E-state index contributed by atoms with van der Waals surface area (Å²) in [5.41, 5.74) is 2.64. The minimum atomic E-state index is -4.49. The van der Waals surface area contributed by atoms with Crippen molar-refractivity contribution in [2.24, 2.45) is 5.92 Å². The lowest BCUT2D eigenvalue weighted by Gasteiger charge is -2.34. The largest absolute Gasteiger partial charge is 0.497 e. The Kier molecular flexibility index (Phi) is 13.3. The van der Waals surface area contributed by atoms with Gasteiger partial charge in [-0.15, -0.1) is 0 Å². The van der Waals surface area contributed by atoms with E-state index in [-0.39, 0.29) is 46.9 Å². The van der Waals surface area contributed by atoms with Crippen molar-refractivity contribution in [1.29, 1.82) is 0 Å². The number of carbonyl (C=O) groups is 2. The van der Waals surface area contributed by atoms with E-state index in [9.17, 15) is 18.0 Å². The number of hydrogen-bond donors (Lipinski definition) is 1. The summed E-state index contributed by atoms with van der Waals surface area (Å²) < 4.78 is 52.2. The third-order valence-corrected chi connectivity index (χ3v) is 10.2. The third-order valence-electron chi connectivity index (χ3n) is 8.43. The molecule has 0 aliphatic carbocycles. The molecule has 272 valence electrons. The molecule has 0 radical (unpaired) electrons. The molecule has 1 N–H and O–H groups in total. The quantitative estimate of drug-likeness (QED) is 0.149. The van der Waals surface area contributed by atoms with Gasteiger partial charge in [-0.25, -0.2) is 8.42 Å². The molecule has 12 heteroatoms. The number of amides is 2. The minimum Gasteiger partial charge on any atom is -0.497 e. The number of ether oxygens (including phenoxy) is 4. The highest BCUT2D eigenvalue weighted by molar-refractivity contribution is 7.92. The van der Waals surface area contributed by atoms with Gasteiger partial charge in [0.1, 0.15) is 24.1 Å². The van der Waals surface area contributed by atoms with E-state index >= 15 is 0 Å². The Morgan fingerprint density at radius 1 is 0.765 bits per heavy atom. The molecule has 0 aliphatic heterocycles. The Balaban J connectivity index is 1.90. The number of nitrogens with one attached hydrogen (secondary N) is 1. The van der Waals surface area contributed by atoms with Gasteiger partial charge in [-0.3, -0.25) is 13.9 Å². The molecule has 0 spiro atoms. The topological polar surface area (TPSA) is 124 Å². The van der Waals surface area contributed by atoms with Gasteiger partial charge in [0, 0.05) is 31.6 Å². The predicted molar refractivity (Wildman–Crippen MR) is 197 cm³/mol. The van der Waals surface area contributed by atoms with Crippen LogP contribution >= 0.6 is 0 Å². The van der Waals surface area contributed by atoms with Crippen LogP contribution in [-0.4, -0.2) is 72.7 Å². The van der Waals surface area contributed by atoms with Gasteiger partial charge < -0.3 is 29.2 Å². The Morgan fingerprint density at radius 3 is 2.04 bits per heavy atom. The number of benzene rings is 4. The van der Waals surface area contributed by atoms with E-state index in [1.165, 1.54) is 57.6 Å². The van der Waals surface area contributed by atoms with Crippen LogP contribution in [-0.2, 0) is 32.6 Å². The van der Waals surface area contributed by atoms with Crippen LogP contribution in [0.4, 0.5) is 5.69 Å². The van der Waals surface area contributed by atoms with Crippen LogP contribution in [0.15, 0.2) is 95.9 Å². The Hall–Kier alpha value is -5.23. The van der Waals surface area contributed by atoms with Gasteiger partial charge in [-0.1, -0.05) is 68.4 Å². The molecule has 0 aliphatic rings. The summed E-state index contributed by atoms with van der Waals surface area (Å²) in [5, 5.41) is 3.01. The Bertz CT molecular complexity index is 1900. The fraction of sp³-hybridized carbons (Fsp3) is 0.333. The second kappa shape index (κ2) is 17.6. The zero-order valence-corrected chi connectivity index (χ0v) is 31.0. The molecule has 4 rings (SSSR count). The van der Waals surface area contributed by atoms with Crippen molar-refractivity contribution < 1.29 is 37.0 Å². The number of aryl methyl sites for hydroxylation is 1. The molecule has 11 nitrogen and oxygen atoms in total. The first-order valence-corrected chi connectivity index (χ1v) is 18.0. The molecular formula is C39H47N3O8S. The van der Waals surface area contributed by atoms with Crippen molar-refractivity contribution in [3.05, 3.63) is 108 Å². The molecule has 4 aromatic carbocycles. The highest BCUT2D eigenvalue weighted by Gasteiger charge is 2.36. The summed E-state index contributed by atoms with van der Waals surface area (Å²) in [6.07, 6.45) is 0.202. The molecule has 0 saturated heterocycles. The van der Waals surface area contributed by atoms with Crippen LogP contribution < -0.4 is 28.6 Å². The fourth-order valence-corrected chi connectivity index (χ4v) is 6.99. The summed E-state index contributed by atoms with van der Waals surface area (Å²) in [7, 11) is 1.23. The molecule has 0 heterocycles. The summed E-state index contributed by atoms with van der Waals surface area (Å²) in [6.45, 7) is 5.68. The Morgan fingerprint density at radius 2 is 1.41 bits per heavy atom. The standard InChI is InChI=1S/C39H47N3O8S/c1-27(2)24-40-39(44)34(21-29-14-9-8-10-15-29)41(25-30-16-12-11-13-28(30)3)38(43)26-42(33-22-31(47-4)17-19-35(33)48-5)51(45,46)32-18-20-36(49-6)37(23-32)50-7/h8-20,22-23,27,34H,21,24-26H2,1-7H3,(H,40,44)/t34-/m0/s1. The van der Waals surface area contributed by atoms with Gasteiger partial charge in [-0.2, -0.15) is 0 Å². The first-order chi connectivity index (χ1) is 24.4. The van der Waals surface area contributed by atoms with E-state index in [1.54, 1.807) is 12.1 Å². The molecule has 1 atom stereocenters. The lowest BCUT2D eigenvalue weighted by atomic mass is 10.0. The van der Waals surface area contributed by atoms with Gasteiger partial charge in [0.25, 0.3) is 10.0 Å². The summed E-state index contributed by atoms with van der Waals surface area (Å²) in [5.74, 6) is 0.267. The van der Waals surface area contributed by atoms with Crippen molar-refractivity contribution in [2.75, 3.05) is 45.8 Å². The molecular weight excluding hydrogens is 671 g/mol. The molecule has 0 bridgehead atoms. The molecule has 4 aromatic rings. The van der Waals surface area contributed by atoms with Gasteiger partial charge in [0.2, 0.25) is 11.8 Å². The van der Waals surface area contributed by atoms with Crippen molar-refractivity contribution in [3.63, 3.8) is 0 Å². The summed E-state index contributed by atoms with van der Waals surface area (Å²) in [6, 6.07) is 24.9. The van der Waals surface area contributed by atoms with E-state index in [0.29, 0.717) is 18.0 Å². The first kappa shape index (κ1) is 38.6. The molecule has 0 aromatic heterocycles. The number of methoxy groups -OCH3 is 4. The third kappa shape index (κ3) is 9.52. The van der Waals surface area contributed by atoms with Crippen molar-refractivity contribution >= 4 is 27.5 Å². The van der Waals surface area contributed by atoms with Crippen molar-refractivity contribution in [3.8, 4) is 23.0 Å². The van der Waals surface area contributed by atoms with Crippen LogP contribution in [0, 0.1) is 12.8 Å². The maximum atomic E-state index is 14.9. The highest BCUT2D eigenvalue weighted by Crippen LogP contribution is 2.38. The lowest BCUT2D eigenvalue weighted by Crippen LogP contribution is -2.53. The van der Waals surface area contributed by atoms with Crippen LogP contribution in [0.5, 0.6) is 23.0 Å². The number of anilines is 1. The highest BCUT2D eigenvalue weighted by atomic mass is 32.2. The predicted octanol–water partition coefficient (Wildman–Crippen LogP) is 5.64. The fourth-order valence-electron chi connectivity index (χ4n) is 5.56. The molecule has 0 unspecified atom stereocenters. The number of carbonyl (C=O) groups excluding carboxylic acids is 2. The first-order valence-electron chi connectivity index (χ1n) is 16.6. The van der Waals surface area contributed by atoms with E-state index in [4.69, 9.17) is 18.9 Å². The van der Waals surface area contributed by atoms with E-state index in [2.05, 4.69) is 5.32 Å². The monoisotopic (exact) mass is 717 g/mol. The SMILES string of the molecule is COc1ccc(OC)c(N(CC(=O)N(Cc2ccccc2C)[C@@H](Cc2ccccc2)C(=O)NCC(C)C)S(=O)(=O)c2ccc(OC)c(OC)c2)c1. The number of hydrogen-bond acceptors (Lipinski definition) is 8. The van der Waals surface area contributed by atoms with E-state index in [0.717, 1.165) is 21.0 Å².